The summed E-state index contributed by atoms with van der Waals surface area (Å²) < 4.78 is 81.1. The van der Waals surface area contributed by atoms with Crippen LogP contribution in [0.2, 0.25) is 0 Å². The normalized spacial score (nSPS) is 16.2. The summed E-state index contributed by atoms with van der Waals surface area (Å²) in [4.78, 5) is 8.19. The van der Waals surface area contributed by atoms with Crippen LogP contribution in [0.5, 0.6) is 0 Å². The Balaban J connectivity index is 1.76. The SMILES string of the molecule is CC1CC=C(c2ccc(C(F)(F)F)cc2F)Nc2nc(-c3ccc(F)cc3)nc(F)c21. The van der Waals surface area contributed by atoms with Gasteiger partial charge in [0.25, 0.3) is 0 Å². The molecule has 0 radical (unpaired) electrons. The summed E-state index contributed by atoms with van der Waals surface area (Å²) in [6.45, 7) is 1.73. The molecular weight excluding hydrogens is 420 g/mol. The van der Waals surface area contributed by atoms with Crippen LogP contribution >= 0.6 is 0 Å². The van der Waals surface area contributed by atoms with Crippen molar-refractivity contribution in [3.8, 4) is 11.4 Å². The van der Waals surface area contributed by atoms with Crippen LogP contribution in [-0.2, 0) is 6.18 Å². The molecular formula is C22H15F6N3. The molecule has 1 aromatic heterocycles. The van der Waals surface area contributed by atoms with Crippen LogP contribution in [-0.4, -0.2) is 9.97 Å². The molecule has 31 heavy (non-hydrogen) atoms. The van der Waals surface area contributed by atoms with E-state index in [1.165, 1.54) is 24.3 Å². The molecule has 0 aliphatic carbocycles. The summed E-state index contributed by atoms with van der Waals surface area (Å²) in [6.07, 6.45) is -2.81. The van der Waals surface area contributed by atoms with Crippen LogP contribution in [0.15, 0.2) is 48.5 Å². The predicted molar refractivity (Wildman–Crippen MR) is 103 cm³/mol. The molecule has 0 saturated heterocycles. The van der Waals surface area contributed by atoms with Gasteiger partial charge in [-0.2, -0.15) is 22.5 Å². The Morgan fingerprint density at radius 3 is 2.32 bits per heavy atom. The van der Waals surface area contributed by atoms with Crippen molar-refractivity contribution >= 4 is 11.5 Å². The molecule has 9 heteroatoms. The summed E-state index contributed by atoms with van der Waals surface area (Å²) in [7, 11) is 0. The first-order valence-corrected chi connectivity index (χ1v) is 9.31. The average molecular weight is 435 g/mol. The summed E-state index contributed by atoms with van der Waals surface area (Å²) in [6, 6.07) is 7.36. The summed E-state index contributed by atoms with van der Waals surface area (Å²) in [5, 5.41) is 2.84. The number of hydrogen-bond donors (Lipinski definition) is 1. The standard InChI is InChI=1S/C22H15F6N3/c1-11-2-9-17(15-8-5-13(10-16(15)24)22(26,27)28)29-21-18(11)19(25)30-20(31-21)12-3-6-14(23)7-4-12/h3-11H,2H2,1H3,(H,29,30,31). The first-order valence-electron chi connectivity index (χ1n) is 9.31. The highest BCUT2D eigenvalue weighted by atomic mass is 19.4. The molecule has 0 spiro atoms. The van der Waals surface area contributed by atoms with Gasteiger partial charge >= 0.3 is 6.18 Å². The quantitative estimate of drug-likeness (QED) is 0.367. The zero-order valence-corrected chi connectivity index (χ0v) is 16.1. The van der Waals surface area contributed by atoms with Gasteiger partial charge in [-0.05, 0) is 54.8 Å². The zero-order chi connectivity index (χ0) is 22.3. The minimum Gasteiger partial charge on any atom is -0.339 e. The second kappa shape index (κ2) is 7.72. The Bertz CT molecular complexity index is 1170. The lowest BCUT2D eigenvalue weighted by molar-refractivity contribution is -0.137. The maximum atomic E-state index is 14.8. The molecule has 3 aromatic rings. The topological polar surface area (TPSA) is 37.8 Å². The largest absolute Gasteiger partial charge is 0.416 e. The second-order valence-electron chi connectivity index (χ2n) is 7.18. The van der Waals surface area contributed by atoms with E-state index < -0.39 is 29.3 Å². The maximum Gasteiger partial charge on any atom is 0.416 e. The lowest BCUT2D eigenvalue weighted by Crippen LogP contribution is -2.10. The lowest BCUT2D eigenvalue weighted by Gasteiger charge is -2.16. The molecule has 1 atom stereocenters. The molecule has 1 aliphatic heterocycles. The van der Waals surface area contributed by atoms with Crippen molar-refractivity contribution in [3.05, 3.63) is 82.8 Å². The van der Waals surface area contributed by atoms with E-state index in [9.17, 15) is 26.3 Å². The van der Waals surface area contributed by atoms with Crippen LogP contribution in [0, 0.1) is 17.6 Å². The molecule has 0 bridgehead atoms. The number of alkyl halides is 3. The highest BCUT2D eigenvalue weighted by Gasteiger charge is 2.32. The first-order chi connectivity index (χ1) is 14.6. The summed E-state index contributed by atoms with van der Waals surface area (Å²) in [5.74, 6) is -2.65. The van der Waals surface area contributed by atoms with Crippen molar-refractivity contribution in [2.45, 2.75) is 25.4 Å². The van der Waals surface area contributed by atoms with E-state index in [-0.39, 0.29) is 40.8 Å². The fourth-order valence-corrected chi connectivity index (χ4v) is 3.38. The maximum absolute atomic E-state index is 14.8. The minimum absolute atomic E-state index is 0.00917. The Kier molecular flexibility index (Phi) is 5.20. The number of halogens is 6. The highest BCUT2D eigenvalue weighted by Crippen LogP contribution is 2.37. The Morgan fingerprint density at radius 1 is 0.968 bits per heavy atom. The smallest absolute Gasteiger partial charge is 0.339 e. The van der Waals surface area contributed by atoms with Crippen molar-refractivity contribution in [2.24, 2.45) is 0 Å². The van der Waals surface area contributed by atoms with Crippen molar-refractivity contribution in [2.75, 3.05) is 5.32 Å². The average Bonchev–Trinajstić information content (AvgIpc) is 2.87. The van der Waals surface area contributed by atoms with Crippen LogP contribution < -0.4 is 5.32 Å². The van der Waals surface area contributed by atoms with E-state index in [1.54, 1.807) is 13.0 Å². The molecule has 2 aromatic carbocycles. The van der Waals surface area contributed by atoms with E-state index in [1.807, 2.05) is 0 Å². The van der Waals surface area contributed by atoms with Gasteiger partial charge in [-0.3, -0.25) is 0 Å². The highest BCUT2D eigenvalue weighted by molar-refractivity contribution is 5.79. The third kappa shape index (κ3) is 4.12. The van der Waals surface area contributed by atoms with Gasteiger partial charge in [0.2, 0.25) is 5.95 Å². The molecule has 1 aliphatic rings. The summed E-state index contributed by atoms with van der Waals surface area (Å²) >= 11 is 0. The second-order valence-corrected chi connectivity index (χ2v) is 7.18. The molecule has 0 fully saturated rings. The van der Waals surface area contributed by atoms with Crippen molar-refractivity contribution in [1.82, 2.24) is 9.97 Å². The van der Waals surface area contributed by atoms with Crippen molar-refractivity contribution < 1.29 is 26.3 Å². The van der Waals surface area contributed by atoms with Gasteiger partial charge in [0.05, 0.1) is 11.1 Å². The van der Waals surface area contributed by atoms with Gasteiger partial charge in [-0.15, -0.1) is 0 Å². The molecule has 3 nitrogen and oxygen atoms in total. The van der Waals surface area contributed by atoms with E-state index in [0.29, 0.717) is 11.6 Å². The number of fused-ring (bicyclic) bond motifs is 1. The van der Waals surface area contributed by atoms with Crippen LogP contribution in [0.25, 0.3) is 17.1 Å². The number of aromatic nitrogens is 2. The van der Waals surface area contributed by atoms with Gasteiger partial charge in [-0.25, -0.2) is 13.8 Å². The number of benzene rings is 2. The molecule has 0 saturated carbocycles. The van der Waals surface area contributed by atoms with E-state index in [4.69, 9.17) is 0 Å². The predicted octanol–water partition coefficient (Wildman–Crippen LogP) is 6.54. The monoisotopic (exact) mass is 435 g/mol. The van der Waals surface area contributed by atoms with Crippen LogP contribution in [0.1, 0.15) is 36.0 Å². The van der Waals surface area contributed by atoms with E-state index >= 15 is 0 Å². The summed E-state index contributed by atoms with van der Waals surface area (Å²) in [5.41, 5.74) is -0.503. The lowest BCUT2D eigenvalue weighted by atomic mass is 9.99. The van der Waals surface area contributed by atoms with Gasteiger partial charge in [0, 0.05) is 16.8 Å². The van der Waals surface area contributed by atoms with E-state index in [2.05, 4.69) is 15.3 Å². The van der Waals surface area contributed by atoms with Gasteiger partial charge in [0.15, 0.2) is 5.82 Å². The van der Waals surface area contributed by atoms with Crippen molar-refractivity contribution in [1.29, 1.82) is 0 Å². The van der Waals surface area contributed by atoms with Gasteiger partial charge < -0.3 is 5.32 Å². The number of hydrogen-bond acceptors (Lipinski definition) is 3. The number of rotatable bonds is 2. The van der Waals surface area contributed by atoms with Crippen LogP contribution in [0.4, 0.5) is 32.2 Å². The van der Waals surface area contributed by atoms with Crippen molar-refractivity contribution in [3.63, 3.8) is 0 Å². The van der Waals surface area contributed by atoms with E-state index in [0.717, 1.165) is 12.1 Å². The Labute approximate surface area is 173 Å². The van der Waals surface area contributed by atoms with Crippen LogP contribution in [0.3, 0.4) is 0 Å². The molecule has 4 rings (SSSR count). The first kappa shape index (κ1) is 20.9. The molecule has 0 amide bonds. The molecule has 160 valence electrons. The minimum atomic E-state index is -4.67. The third-order valence-corrected chi connectivity index (χ3v) is 5.01. The molecule has 1 unspecified atom stereocenters. The fraction of sp³-hybridized carbons (Fsp3) is 0.182. The number of allylic oxidation sites excluding steroid dienone is 1. The molecule has 1 N–H and O–H groups in total. The fourth-order valence-electron chi connectivity index (χ4n) is 3.38. The van der Waals surface area contributed by atoms with Gasteiger partial charge in [-0.1, -0.05) is 13.0 Å². The zero-order valence-electron chi connectivity index (χ0n) is 16.1. The third-order valence-electron chi connectivity index (χ3n) is 5.01. The Morgan fingerprint density at radius 2 is 1.68 bits per heavy atom. The van der Waals surface area contributed by atoms with Gasteiger partial charge in [0.1, 0.15) is 17.5 Å². The molecule has 2 heterocycles. The number of nitrogens with zero attached hydrogens (tertiary/aromatic N) is 2. The number of anilines is 1. The number of nitrogens with one attached hydrogen (secondary N) is 1. The Hall–Kier alpha value is -3.36.